The molecule has 0 aliphatic heterocycles. The van der Waals surface area contributed by atoms with Gasteiger partial charge in [-0.15, -0.1) is 0 Å². The molecule has 1 N–H and O–H groups in total. The van der Waals surface area contributed by atoms with E-state index >= 15 is 0 Å². The molecule has 0 spiro atoms. The number of hydrogen-bond donors (Lipinski definition) is 1. The summed E-state index contributed by atoms with van der Waals surface area (Å²) in [5.41, 5.74) is 2.30. The molecule has 0 aliphatic rings. The lowest BCUT2D eigenvalue weighted by Gasteiger charge is -2.22. The number of nitrogens with zero attached hydrogens (tertiary/aromatic N) is 3. The van der Waals surface area contributed by atoms with Crippen molar-refractivity contribution >= 4 is 17.5 Å². The number of hydrogen-bond acceptors (Lipinski definition) is 3. The molecule has 3 rings (SSSR count). The summed E-state index contributed by atoms with van der Waals surface area (Å²) < 4.78 is 1.62. The Kier molecular flexibility index (Phi) is 6.27. The highest BCUT2D eigenvalue weighted by Gasteiger charge is 2.18. The van der Waals surface area contributed by atoms with E-state index in [9.17, 15) is 4.79 Å². The summed E-state index contributed by atoms with van der Waals surface area (Å²) in [6, 6.07) is 19.2. The molecule has 0 radical (unpaired) electrons. The smallest absolute Gasteiger partial charge is 0.272 e. The monoisotopic (exact) mass is 382 g/mol. The van der Waals surface area contributed by atoms with E-state index in [4.69, 9.17) is 11.6 Å². The van der Waals surface area contributed by atoms with Crippen molar-refractivity contribution in [2.24, 2.45) is 0 Å². The number of carbonyl (C=O) groups excluding carboxylic acids is 1. The molecule has 1 amide bonds. The number of halogens is 1. The molecule has 0 aliphatic carbocycles. The van der Waals surface area contributed by atoms with Crippen LogP contribution < -0.4 is 5.32 Å². The van der Waals surface area contributed by atoms with Crippen LogP contribution in [0.5, 0.6) is 0 Å². The van der Waals surface area contributed by atoms with Crippen LogP contribution in [0.25, 0.3) is 5.69 Å². The Bertz CT molecular complexity index is 892. The fraction of sp³-hybridized carbons (Fsp3) is 0.238. The minimum atomic E-state index is -0.191. The zero-order valence-electron chi connectivity index (χ0n) is 15.5. The van der Waals surface area contributed by atoms with Gasteiger partial charge in [0.05, 0.1) is 10.7 Å². The summed E-state index contributed by atoms with van der Waals surface area (Å²) in [4.78, 5) is 14.8. The second-order valence-electron chi connectivity index (χ2n) is 6.72. The van der Waals surface area contributed by atoms with E-state index < -0.39 is 0 Å². The first kappa shape index (κ1) is 19.1. The molecule has 1 atom stereocenters. The lowest BCUT2D eigenvalue weighted by atomic mass is 10.1. The number of nitrogens with one attached hydrogen (secondary N) is 1. The number of amides is 1. The second kappa shape index (κ2) is 8.84. The second-order valence-corrected chi connectivity index (χ2v) is 7.13. The normalized spacial score (nSPS) is 12.1. The van der Waals surface area contributed by atoms with Gasteiger partial charge in [-0.05, 0) is 44.3 Å². The third-order valence-corrected chi connectivity index (χ3v) is 4.49. The molecule has 0 saturated heterocycles. The molecule has 5 nitrogen and oxygen atoms in total. The topological polar surface area (TPSA) is 50.2 Å². The number of para-hydroxylation sites is 1. The summed E-state index contributed by atoms with van der Waals surface area (Å²) in [6.45, 7) is 0.742. The van der Waals surface area contributed by atoms with Gasteiger partial charge in [0, 0.05) is 18.8 Å². The molecule has 6 heteroatoms. The average molecular weight is 383 g/mol. The van der Waals surface area contributed by atoms with Gasteiger partial charge in [-0.2, -0.15) is 5.10 Å². The number of benzene rings is 2. The minimum Gasteiger partial charge on any atom is -0.346 e. The summed E-state index contributed by atoms with van der Waals surface area (Å²) in [6.07, 6.45) is 2.50. The molecule has 0 fully saturated rings. The number of aromatic nitrogens is 2. The molecule has 2 aromatic carbocycles. The van der Waals surface area contributed by atoms with Crippen molar-refractivity contribution in [3.63, 3.8) is 0 Å². The van der Waals surface area contributed by atoms with Crippen molar-refractivity contribution in [1.82, 2.24) is 20.0 Å². The maximum absolute atomic E-state index is 12.7. The summed E-state index contributed by atoms with van der Waals surface area (Å²) in [5, 5.41) is 8.08. The Labute approximate surface area is 164 Å². The summed E-state index contributed by atoms with van der Waals surface area (Å²) >= 11 is 6.21. The third kappa shape index (κ3) is 5.18. The van der Waals surface area contributed by atoms with Crippen molar-refractivity contribution in [3.05, 3.63) is 83.1 Å². The first-order chi connectivity index (χ1) is 13.0. The summed E-state index contributed by atoms with van der Waals surface area (Å²) in [5.74, 6) is -0.191. The lowest BCUT2D eigenvalue weighted by molar-refractivity contribution is 0.0924. The maximum Gasteiger partial charge on any atom is 0.272 e. The SMILES string of the molecule is CN(C)CC(Cc1ccccc1)NC(=O)c1ccn(-c2ccccc2Cl)n1. The van der Waals surface area contributed by atoms with Crippen LogP contribution in [0, 0.1) is 0 Å². The van der Waals surface area contributed by atoms with Gasteiger partial charge in [0.1, 0.15) is 0 Å². The van der Waals surface area contributed by atoms with Crippen LogP contribution in [-0.4, -0.2) is 47.3 Å². The van der Waals surface area contributed by atoms with E-state index in [1.807, 2.05) is 50.5 Å². The fourth-order valence-electron chi connectivity index (χ4n) is 2.98. The number of likely N-dealkylation sites (N-methyl/N-ethyl adjacent to an activating group) is 1. The summed E-state index contributed by atoms with van der Waals surface area (Å²) in [7, 11) is 3.99. The van der Waals surface area contributed by atoms with Gasteiger partial charge in [-0.3, -0.25) is 4.79 Å². The molecular formula is C21H23ClN4O. The van der Waals surface area contributed by atoms with E-state index in [1.165, 1.54) is 5.56 Å². The molecule has 140 valence electrons. The van der Waals surface area contributed by atoms with E-state index in [2.05, 4.69) is 27.4 Å². The predicted octanol–water partition coefficient (Wildman–Crippen LogP) is 3.43. The van der Waals surface area contributed by atoms with E-state index in [0.717, 1.165) is 18.7 Å². The Morgan fingerprint density at radius 1 is 1.11 bits per heavy atom. The van der Waals surface area contributed by atoms with Crippen molar-refractivity contribution in [2.45, 2.75) is 12.5 Å². The van der Waals surface area contributed by atoms with E-state index in [1.54, 1.807) is 23.0 Å². The average Bonchev–Trinajstić information content (AvgIpc) is 3.12. The van der Waals surface area contributed by atoms with Crippen molar-refractivity contribution in [2.75, 3.05) is 20.6 Å². The molecule has 1 aromatic heterocycles. The van der Waals surface area contributed by atoms with E-state index in [0.29, 0.717) is 10.7 Å². The van der Waals surface area contributed by atoms with Crippen LogP contribution in [0.1, 0.15) is 16.1 Å². The Hall–Kier alpha value is -2.63. The quantitative estimate of drug-likeness (QED) is 0.681. The third-order valence-electron chi connectivity index (χ3n) is 4.17. The first-order valence-electron chi connectivity index (χ1n) is 8.83. The predicted molar refractivity (Wildman–Crippen MR) is 109 cm³/mol. The van der Waals surface area contributed by atoms with Crippen molar-refractivity contribution in [3.8, 4) is 5.69 Å². The molecule has 3 aromatic rings. The highest BCUT2D eigenvalue weighted by Crippen LogP contribution is 2.19. The van der Waals surface area contributed by atoms with Gasteiger partial charge in [0.25, 0.3) is 5.91 Å². The van der Waals surface area contributed by atoms with Crippen LogP contribution >= 0.6 is 11.6 Å². The largest absolute Gasteiger partial charge is 0.346 e. The van der Waals surface area contributed by atoms with Crippen LogP contribution in [0.15, 0.2) is 66.9 Å². The van der Waals surface area contributed by atoms with Crippen LogP contribution in [0.4, 0.5) is 0 Å². The first-order valence-corrected chi connectivity index (χ1v) is 9.21. The lowest BCUT2D eigenvalue weighted by Crippen LogP contribution is -2.43. The Morgan fingerprint density at radius 3 is 2.52 bits per heavy atom. The molecule has 0 bridgehead atoms. The van der Waals surface area contributed by atoms with Crippen LogP contribution in [-0.2, 0) is 6.42 Å². The van der Waals surface area contributed by atoms with Gasteiger partial charge in [0.15, 0.2) is 5.69 Å². The molecule has 1 heterocycles. The van der Waals surface area contributed by atoms with Gasteiger partial charge >= 0.3 is 0 Å². The van der Waals surface area contributed by atoms with Crippen LogP contribution in [0.2, 0.25) is 5.02 Å². The zero-order valence-corrected chi connectivity index (χ0v) is 16.2. The molecule has 1 unspecified atom stereocenters. The van der Waals surface area contributed by atoms with Crippen molar-refractivity contribution in [1.29, 1.82) is 0 Å². The van der Waals surface area contributed by atoms with Crippen LogP contribution in [0.3, 0.4) is 0 Å². The standard InChI is InChI=1S/C21H23ClN4O/c1-25(2)15-17(14-16-8-4-3-5-9-16)23-21(27)19-12-13-26(24-19)20-11-7-6-10-18(20)22/h3-13,17H,14-15H2,1-2H3,(H,23,27). The van der Waals surface area contributed by atoms with Gasteiger partial charge in [0.2, 0.25) is 0 Å². The van der Waals surface area contributed by atoms with E-state index in [-0.39, 0.29) is 11.9 Å². The highest BCUT2D eigenvalue weighted by atomic mass is 35.5. The van der Waals surface area contributed by atoms with Gasteiger partial charge in [-0.1, -0.05) is 54.1 Å². The molecule has 0 saturated carbocycles. The molecular weight excluding hydrogens is 360 g/mol. The highest BCUT2D eigenvalue weighted by molar-refractivity contribution is 6.32. The fourth-order valence-corrected chi connectivity index (χ4v) is 3.20. The Balaban J connectivity index is 1.73. The maximum atomic E-state index is 12.7. The Morgan fingerprint density at radius 2 is 1.81 bits per heavy atom. The zero-order chi connectivity index (χ0) is 19.2. The van der Waals surface area contributed by atoms with Gasteiger partial charge in [-0.25, -0.2) is 4.68 Å². The number of rotatable bonds is 7. The van der Waals surface area contributed by atoms with Crippen molar-refractivity contribution < 1.29 is 4.79 Å². The van der Waals surface area contributed by atoms with Gasteiger partial charge < -0.3 is 10.2 Å². The minimum absolute atomic E-state index is 0.0136. The molecule has 27 heavy (non-hydrogen) atoms. The number of carbonyl (C=O) groups is 1.